The van der Waals surface area contributed by atoms with E-state index in [1.807, 2.05) is 0 Å². The van der Waals surface area contributed by atoms with Crippen LogP contribution in [0.15, 0.2) is 12.1 Å². The van der Waals surface area contributed by atoms with Gasteiger partial charge in [-0.3, -0.25) is 10.1 Å². The van der Waals surface area contributed by atoms with Gasteiger partial charge in [0.05, 0.1) is 11.0 Å². The molecule has 0 fully saturated rings. The van der Waals surface area contributed by atoms with E-state index in [-0.39, 0.29) is 24.6 Å². The molecule has 0 aliphatic rings. The van der Waals surface area contributed by atoms with Gasteiger partial charge >= 0.3 is 5.69 Å². The number of benzene rings is 1. The van der Waals surface area contributed by atoms with Gasteiger partial charge in [0.25, 0.3) is 0 Å². The molecule has 0 bridgehead atoms. The average molecular weight is 214 g/mol. The Hall–Kier alpha value is -1.69. The van der Waals surface area contributed by atoms with E-state index in [0.29, 0.717) is 5.56 Å². The van der Waals surface area contributed by atoms with Gasteiger partial charge in [-0.25, -0.2) is 4.39 Å². The fraction of sp³-hybridized carbons (Fsp3) is 0.333. The van der Waals surface area contributed by atoms with Crippen LogP contribution >= 0.6 is 0 Å². The zero-order chi connectivity index (χ0) is 11.4. The zero-order valence-corrected chi connectivity index (χ0v) is 8.20. The molecule has 6 heteroatoms. The molecule has 0 radical (unpaired) electrons. The van der Waals surface area contributed by atoms with E-state index in [0.717, 1.165) is 6.07 Å². The molecule has 1 aromatic carbocycles. The Morgan fingerprint density at radius 2 is 2.27 bits per heavy atom. The summed E-state index contributed by atoms with van der Waals surface area (Å²) in [6, 6.07) is 2.14. The average Bonchev–Trinajstić information content (AvgIpc) is 2.19. The van der Waals surface area contributed by atoms with Crippen molar-refractivity contribution in [1.82, 2.24) is 0 Å². The monoisotopic (exact) mass is 214 g/mol. The minimum atomic E-state index is -0.686. The number of hydrogen-bond acceptors (Lipinski definition) is 4. The molecule has 5 nitrogen and oxygen atoms in total. The molecule has 0 heterocycles. The third kappa shape index (κ3) is 2.63. The summed E-state index contributed by atoms with van der Waals surface area (Å²) < 4.78 is 18.1. The number of nitro benzene ring substituents is 1. The number of ether oxygens (including phenoxy) is 1. The topological polar surface area (TPSA) is 78.4 Å². The molecule has 0 aliphatic heterocycles. The second-order valence-electron chi connectivity index (χ2n) is 2.96. The molecule has 0 saturated carbocycles. The van der Waals surface area contributed by atoms with Crippen LogP contribution in [0.5, 0.6) is 5.75 Å². The maximum Gasteiger partial charge on any atom is 0.313 e. The molecular weight excluding hydrogens is 203 g/mol. The highest BCUT2D eigenvalue weighted by Crippen LogP contribution is 2.29. The first-order valence-electron chi connectivity index (χ1n) is 4.33. The summed E-state index contributed by atoms with van der Waals surface area (Å²) >= 11 is 0. The molecule has 0 aromatic heterocycles. The van der Waals surface area contributed by atoms with E-state index in [2.05, 4.69) is 0 Å². The predicted molar refractivity (Wildman–Crippen MR) is 52.3 cm³/mol. The van der Waals surface area contributed by atoms with Crippen molar-refractivity contribution in [3.05, 3.63) is 33.6 Å². The van der Waals surface area contributed by atoms with Gasteiger partial charge in [-0.05, 0) is 18.6 Å². The third-order valence-electron chi connectivity index (χ3n) is 1.81. The molecule has 0 spiro atoms. The Bertz CT molecular complexity index is 382. The first kappa shape index (κ1) is 11.4. The molecule has 15 heavy (non-hydrogen) atoms. The zero-order valence-electron chi connectivity index (χ0n) is 8.20. The summed E-state index contributed by atoms with van der Waals surface area (Å²) in [7, 11) is 0. The maximum atomic E-state index is 13.1. The summed E-state index contributed by atoms with van der Waals surface area (Å²) in [5, 5.41) is 10.6. The van der Waals surface area contributed by atoms with Crippen LogP contribution in [0, 0.1) is 22.9 Å². The summed E-state index contributed by atoms with van der Waals surface area (Å²) in [6.07, 6.45) is 0. The fourth-order valence-electron chi connectivity index (χ4n) is 1.07. The quantitative estimate of drug-likeness (QED) is 0.606. The van der Waals surface area contributed by atoms with Crippen LogP contribution in [0.1, 0.15) is 5.56 Å². The van der Waals surface area contributed by atoms with Crippen LogP contribution in [0.25, 0.3) is 0 Å². The van der Waals surface area contributed by atoms with Crippen LogP contribution in [-0.4, -0.2) is 18.1 Å². The van der Waals surface area contributed by atoms with Crippen molar-refractivity contribution >= 4 is 5.69 Å². The molecular formula is C9H11FN2O3. The standard InChI is InChI=1S/C9H11FN2O3/c1-6-4-9(15-3-2-11)8(12(13)14)5-7(6)10/h4-5H,2-3,11H2,1H3. The van der Waals surface area contributed by atoms with E-state index < -0.39 is 10.7 Å². The van der Waals surface area contributed by atoms with E-state index in [1.54, 1.807) is 0 Å². The van der Waals surface area contributed by atoms with Crippen molar-refractivity contribution in [3.8, 4) is 5.75 Å². The van der Waals surface area contributed by atoms with E-state index in [9.17, 15) is 14.5 Å². The number of rotatable bonds is 4. The summed E-state index contributed by atoms with van der Waals surface area (Å²) in [5.41, 5.74) is 5.12. The largest absolute Gasteiger partial charge is 0.485 e. The molecule has 0 atom stereocenters. The summed E-state index contributed by atoms with van der Waals surface area (Å²) in [4.78, 5) is 9.89. The minimum absolute atomic E-state index is 0.0457. The first-order valence-corrected chi connectivity index (χ1v) is 4.33. The van der Waals surface area contributed by atoms with Gasteiger partial charge in [-0.2, -0.15) is 0 Å². The van der Waals surface area contributed by atoms with E-state index >= 15 is 0 Å². The smallest absolute Gasteiger partial charge is 0.313 e. The van der Waals surface area contributed by atoms with Crippen molar-refractivity contribution < 1.29 is 14.1 Å². The molecule has 0 amide bonds. The molecule has 0 aliphatic carbocycles. The lowest BCUT2D eigenvalue weighted by molar-refractivity contribution is -0.386. The number of nitrogens with zero attached hydrogens (tertiary/aromatic N) is 1. The normalized spacial score (nSPS) is 10.1. The van der Waals surface area contributed by atoms with Crippen molar-refractivity contribution in [2.24, 2.45) is 5.73 Å². The SMILES string of the molecule is Cc1cc(OCCN)c([N+](=O)[O-])cc1F. The number of nitro groups is 1. The Balaban J connectivity index is 3.10. The molecule has 0 unspecified atom stereocenters. The maximum absolute atomic E-state index is 13.1. The highest BCUT2D eigenvalue weighted by molar-refractivity contribution is 5.48. The van der Waals surface area contributed by atoms with Gasteiger partial charge in [0.15, 0.2) is 5.75 Å². The highest BCUT2D eigenvalue weighted by atomic mass is 19.1. The van der Waals surface area contributed by atoms with Gasteiger partial charge in [0, 0.05) is 6.54 Å². The van der Waals surface area contributed by atoms with Crippen molar-refractivity contribution in [1.29, 1.82) is 0 Å². The summed E-state index contributed by atoms with van der Waals surface area (Å²) in [6.45, 7) is 1.91. The molecule has 2 N–H and O–H groups in total. The first-order chi connectivity index (χ1) is 7.06. The van der Waals surface area contributed by atoms with Crippen LogP contribution in [0.2, 0.25) is 0 Å². The lowest BCUT2D eigenvalue weighted by Gasteiger charge is -2.06. The van der Waals surface area contributed by atoms with Gasteiger partial charge in [-0.15, -0.1) is 0 Å². The molecule has 1 rings (SSSR count). The lowest BCUT2D eigenvalue weighted by atomic mass is 10.2. The van der Waals surface area contributed by atoms with Gasteiger partial charge in [0.1, 0.15) is 12.4 Å². The Kier molecular flexibility index (Phi) is 3.56. The third-order valence-corrected chi connectivity index (χ3v) is 1.81. The van der Waals surface area contributed by atoms with Crippen LogP contribution in [-0.2, 0) is 0 Å². The second-order valence-corrected chi connectivity index (χ2v) is 2.96. The summed E-state index contributed by atoms with van der Waals surface area (Å²) in [5.74, 6) is -0.578. The van der Waals surface area contributed by atoms with Crippen molar-refractivity contribution in [2.45, 2.75) is 6.92 Å². The molecule has 0 saturated heterocycles. The van der Waals surface area contributed by atoms with Crippen molar-refractivity contribution in [2.75, 3.05) is 13.2 Å². The van der Waals surface area contributed by atoms with Crippen LogP contribution in [0.4, 0.5) is 10.1 Å². The Morgan fingerprint density at radius 1 is 1.60 bits per heavy atom. The lowest BCUT2D eigenvalue weighted by Crippen LogP contribution is -2.11. The number of nitrogens with two attached hydrogens (primary N) is 1. The number of halogens is 1. The van der Waals surface area contributed by atoms with Gasteiger partial charge in [0.2, 0.25) is 0 Å². The number of aryl methyl sites for hydroxylation is 1. The van der Waals surface area contributed by atoms with E-state index in [4.69, 9.17) is 10.5 Å². The second kappa shape index (κ2) is 4.70. The van der Waals surface area contributed by atoms with Crippen LogP contribution in [0.3, 0.4) is 0 Å². The van der Waals surface area contributed by atoms with E-state index in [1.165, 1.54) is 13.0 Å². The van der Waals surface area contributed by atoms with Gasteiger partial charge < -0.3 is 10.5 Å². The highest BCUT2D eigenvalue weighted by Gasteiger charge is 2.17. The molecule has 82 valence electrons. The Labute approximate surface area is 85.8 Å². The van der Waals surface area contributed by atoms with Crippen LogP contribution < -0.4 is 10.5 Å². The number of hydrogen-bond donors (Lipinski definition) is 1. The fourth-order valence-corrected chi connectivity index (χ4v) is 1.07. The Morgan fingerprint density at radius 3 is 2.80 bits per heavy atom. The van der Waals surface area contributed by atoms with Crippen molar-refractivity contribution in [3.63, 3.8) is 0 Å². The van der Waals surface area contributed by atoms with Gasteiger partial charge in [-0.1, -0.05) is 0 Å². The molecule has 1 aromatic rings. The minimum Gasteiger partial charge on any atom is -0.485 e. The predicted octanol–water partition coefficient (Wildman–Crippen LogP) is 1.38.